The quantitative estimate of drug-likeness (QED) is 0.167. The molecule has 1 unspecified atom stereocenters. The van der Waals surface area contributed by atoms with Crippen molar-refractivity contribution in [2.75, 3.05) is 0 Å². The molecule has 1 atom stereocenters. The van der Waals surface area contributed by atoms with Crippen molar-refractivity contribution in [3.8, 4) is 11.4 Å². The summed E-state index contributed by atoms with van der Waals surface area (Å²) in [6.45, 7) is 2.53. The van der Waals surface area contributed by atoms with Crippen LogP contribution in [0.2, 0.25) is 0 Å². The molecule has 0 fully saturated rings. The Hall–Kier alpha value is -5.19. The number of aryl methyl sites for hydroxylation is 2. The maximum absolute atomic E-state index is 2.68. The molecule has 4 heterocycles. The molecule has 2 aromatic heterocycles. The third-order valence-corrected chi connectivity index (χ3v) is 14.5. The Balaban J connectivity index is 1.21. The summed E-state index contributed by atoms with van der Waals surface area (Å²) >= 11 is 2.01. The van der Waals surface area contributed by atoms with Gasteiger partial charge in [-0.2, -0.15) is 0 Å². The molecule has 2 aliphatic heterocycles. The van der Waals surface area contributed by atoms with Crippen LogP contribution in [0, 0.1) is 0 Å². The van der Waals surface area contributed by atoms with Gasteiger partial charge in [-0.3, -0.25) is 0 Å². The lowest BCUT2D eigenvalue weighted by molar-refractivity contribution is 0.596. The van der Waals surface area contributed by atoms with E-state index in [4.69, 9.17) is 0 Å². The molecule has 0 amide bonds. The lowest BCUT2D eigenvalue weighted by atomic mass is 9.30. The van der Waals surface area contributed by atoms with Crippen LogP contribution < -0.4 is 16.4 Å². The Morgan fingerprint density at radius 1 is 0.604 bits per heavy atom. The van der Waals surface area contributed by atoms with E-state index in [1.807, 2.05) is 11.8 Å². The second-order valence-electron chi connectivity index (χ2n) is 15.6. The summed E-state index contributed by atoms with van der Waals surface area (Å²) in [6, 6.07) is 51.4. The van der Waals surface area contributed by atoms with E-state index in [9.17, 15) is 0 Å². The van der Waals surface area contributed by atoms with Gasteiger partial charge in [0.1, 0.15) is 0 Å². The van der Waals surface area contributed by atoms with Crippen molar-refractivity contribution in [3.63, 3.8) is 0 Å². The van der Waals surface area contributed by atoms with Gasteiger partial charge in [0.2, 0.25) is 6.71 Å². The van der Waals surface area contributed by atoms with E-state index in [0.717, 1.165) is 32.1 Å². The lowest BCUT2D eigenvalue weighted by Crippen LogP contribution is -2.64. The molecule has 0 saturated carbocycles. The highest BCUT2D eigenvalue weighted by molar-refractivity contribution is 8.00. The van der Waals surface area contributed by atoms with Gasteiger partial charge in [0.25, 0.3) is 0 Å². The molecule has 2 aliphatic carbocycles. The highest BCUT2D eigenvalue weighted by Gasteiger charge is 2.49. The number of aromatic nitrogens is 2. The molecule has 6 aromatic carbocycles. The minimum atomic E-state index is -0.215. The zero-order valence-electron chi connectivity index (χ0n) is 30.0. The van der Waals surface area contributed by atoms with Crippen LogP contribution >= 0.6 is 11.8 Å². The zero-order chi connectivity index (χ0) is 34.8. The minimum Gasteiger partial charge on any atom is -0.313 e. The molecule has 2 nitrogen and oxygen atoms in total. The summed E-state index contributed by atoms with van der Waals surface area (Å²) in [5, 5.41) is 2.85. The first kappa shape index (κ1) is 30.3. The van der Waals surface area contributed by atoms with Crippen molar-refractivity contribution in [1.29, 1.82) is 0 Å². The Bertz CT molecular complexity index is 2820. The van der Waals surface area contributed by atoms with Crippen molar-refractivity contribution in [2.24, 2.45) is 0 Å². The number of nitrogens with zero attached hydrogens (tertiary/aromatic N) is 2. The van der Waals surface area contributed by atoms with Crippen molar-refractivity contribution < 1.29 is 0 Å². The molecule has 0 bridgehead atoms. The predicted octanol–water partition coefficient (Wildman–Crippen LogP) is 9.59. The molecule has 0 radical (unpaired) electrons. The third kappa shape index (κ3) is 3.92. The molecule has 12 rings (SSSR count). The number of hydrogen-bond donors (Lipinski definition) is 0. The Kier molecular flexibility index (Phi) is 6.38. The monoisotopic (exact) mass is 698 g/mol. The first-order valence-corrected chi connectivity index (χ1v) is 20.4. The Labute approximate surface area is 315 Å². The Morgan fingerprint density at radius 2 is 1.25 bits per heavy atom. The summed E-state index contributed by atoms with van der Waals surface area (Å²) in [5.41, 5.74) is 19.9. The van der Waals surface area contributed by atoms with Gasteiger partial charge in [0, 0.05) is 43.1 Å². The largest absolute Gasteiger partial charge is 0.313 e. The van der Waals surface area contributed by atoms with Crippen molar-refractivity contribution in [2.45, 2.75) is 67.1 Å². The topological polar surface area (TPSA) is 9.86 Å². The van der Waals surface area contributed by atoms with E-state index in [-0.39, 0.29) is 12.1 Å². The molecule has 4 heteroatoms. The molecule has 0 spiro atoms. The van der Waals surface area contributed by atoms with Crippen LogP contribution in [0.4, 0.5) is 0 Å². The van der Waals surface area contributed by atoms with Crippen LogP contribution in [0.5, 0.6) is 0 Å². The average molecular weight is 699 g/mol. The first-order chi connectivity index (χ1) is 26.3. The van der Waals surface area contributed by atoms with Crippen LogP contribution in [0.3, 0.4) is 0 Å². The summed E-state index contributed by atoms with van der Waals surface area (Å²) in [7, 11) is 0. The fourth-order valence-electron chi connectivity index (χ4n) is 11.3. The van der Waals surface area contributed by atoms with Crippen LogP contribution in [0.25, 0.3) is 33.2 Å². The summed E-state index contributed by atoms with van der Waals surface area (Å²) in [6.07, 6.45) is 8.03. The molecule has 53 heavy (non-hydrogen) atoms. The molecule has 0 N–H and O–H groups in total. The van der Waals surface area contributed by atoms with E-state index in [1.54, 1.807) is 11.1 Å². The molecular formula is C49H39BN2S. The maximum Gasteiger partial charge on any atom is 0.245 e. The standard InChI is InChI=1S/C49H39BN2S/c1-2-49(31-15-4-3-5-16-31)37-21-8-9-23-39(37)50-40-29-32(51-41-24-10-6-17-33(41)35-19-12-26-42(35)51)30-45(48(40)53-46-28-14-22-38(49)47(46)50)52-43-25-11-7-18-34(43)36-20-13-27-44(36)52/h3-11,14-18,21-25,28-30H,2,12-13,19-20,26-27H2,1H3. The smallest absolute Gasteiger partial charge is 0.245 e. The van der Waals surface area contributed by atoms with Gasteiger partial charge < -0.3 is 9.13 Å². The fourth-order valence-corrected chi connectivity index (χ4v) is 12.5. The van der Waals surface area contributed by atoms with E-state index in [0.29, 0.717) is 0 Å². The van der Waals surface area contributed by atoms with E-state index in [2.05, 4.69) is 150 Å². The van der Waals surface area contributed by atoms with Crippen LogP contribution in [-0.2, 0) is 31.1 Å². The van der Waals surface area contributed by atoms with Crippen molar-refractivity contribution in [1.82, 2.24) is 9.13 Å². The summed E-state index contributed by atoms with van der Waals surface area (Å²) in [5.74, 6) is 0. The number of fused-ring (bicyclic) bond motifs is 10. The number of hydrogen-bond acceptors (Lipinski definition) is 1. The molecule has 4 aliphatic rings. The molecule has 0 saturated heterocycles. The minimum absolute atomic E-state index is 0.139. The van der Waals surface area contributed by atoms with Crippen LogP contribution in [0.15, 0.2) is 143 Å². The van der Waals surface area contributed by atoms with E-state index >= 15 is 0 Å². The van der Waals surface area contributed by atoms with Gasteiger partial charge in [0.05, 0.1) is 16.7 Å². The van der Waals surface area contributed by atoms with Gasteiger partial charge in [-0.1, -0.05) is 138 Å². The van der Waals surface area contributed by atoms with Gasteiger partial charge in [0.15, 0.2) is 0 Å². The summed E-state index contributed by atoms with van der Waals surface area (Å²) in [4.78, 5) is 2.81. The zero-order valence-corrected chi connectivity index (χ0v) is 30.8. The second-order valence-corrected chi connectivity index (χ2v) is 16.7. The highest BCUT2D eigenvalue weighted by atomic mass is 32.2. The van der Waals surface area contributed by atoms with Gasteiger partial charge in [-0.25, -0.2) is 0 Å². The molecule has 8 aromatic rings. The van der Waals surface area contributed by atoms with E-state index in [1.165, 1.54) is 100 Å². The maximum atomic E-state index is 2.68. The normalized spacial score (nSPS) is 17.9. The molecule has 254 valence electrons. The highest BCUT2D eigenvalue weighted by Crippen LogP contribution is 2.48. The number of para-hydroxylation sites is 2. The average Bonchev–Trinajstić information content (AvgIpc) is 4.00. The van der Waals surface area contributed by atoms with Gasteiger partial charge >= 0.3 is 0 Å². The first-order valence-electron chi connectivity index (χ1n) is 19.6. The van der Waals surface area contributed by atoms with Crippen LogP contribution in [-0.4, -0.2) is 15.8 Å². The SMILES string of the molecule is CCC1(c2ccccc2)c2ccccc2B2c3cc(-n4c5c(c6ccccc64)CCC5)cc(-n4c5c(c6ccccc64)CCC5)c3Sc3cccc1c32. The Morgan fingerprint density at radius 3 is 2.00 bits per heavy atom. The van der Waals surface area contributed by atoms with Crippen molar-refractivity contribution in [3.05, 3.63) is 173 Å². The van der Waals surface area contributed by atoms with Crippen LogP contribution in [0.1, 0.15) is 65.4 Å². The number of benzene rings is 6. The molecular weight excluding hydrogens is 659 g/mol. The van der Waals surface area contributed by atoms with E-state index < -0.39 is 0 Å². The fraction of sp³-hybridized carbons (Fsp3) is 0.184. The predicted molar refractivity (Wildman–Crippen MR) is 222 cm³/mol. The third-order valence-electron chi connectivity index (χ3n) is 13.3. The van der Waals surface area contributed by atoms with Crippen molar-refractivity contribution >= 4 is 56.7 Å². The second kappa shape index (κ2) is 11.2. The summed E-state index contributed by atoms with van der Waals surface area (Å²) < 4.78 is 5.33. The van der Waals surface area contributed by atoms with Gasteiger partial charge in [-0.05, 0) is 103 Å². The number of rotatable bonds is 4. The van der Waals surface area contributed by atoms with Gasteiger partial charge in [-0.15, -0.1) is 0 Å². The lowest BCUT2D eigenvalue weighted by Gasteiger charge is -2.46.